The second-order valence-corrected chi connectivity index (χ2v) is 35.9. The second-order valence-electron chi connectivity index (χ2n) is 33.0. The van der Waals surface area contributed by atoms with Crippen molar-refractivity contribution in [2.75, 3.05) is 39.6 Å². The van der Waals surface area contributed by atoms with Gasteiger partial charge in [0.25, 0.3) is 0 Å². The monoisotopic (exact) mass is 1550 g/mol. The van der Waals surface area contributed by atoms with Crippen LogP contribution >= 0.6 is 15.6 Å². The predicted molar refractivity (Wildman–Crippen MR) is 437 cm³/mol. The molecule has 0 amide bonds. The van der Waals surface area contributed by atoms with E-state index < -0.39 is 97.5 Å². The van der Waals surface area contributed by atoms with E-state index in [1.807, 2.05) is 0 Å². The summed E-state index contributed by atoms with van der Waals surface area (Å²) >= 11 is 0. The number of phosphoric ester groups is 2. The van der Waals surface area contributed by atoms with Crippen molar-refractivity contribution in [3.8, 4) is 0 Å². The van der Waals surface area contributed by atoms with Gasteiger partial charge in [-0.15, -0.1) is 0 Å². The molecular weight excluding hydrogens is 1380 g/mol. The molecule has 17 nitrogen and oxygen atoms in total. The number of hydrogen-bond acceptors (Lipinski definition) is 15. The van der Waals surface area contributed by atoms with Crippen LogP contribution in [0.1, 0.15) is 453 Å². The first-order valence-electron chi connectivity index (χ1n) is 44.7. The summed E-state index contributed by atoms with van der Waals surface area (Å²) in [7, 11) is -9.93. The Balaban J connectivity index is 5.22. The number of esters is 4. The summed E-state index contributed by atoms with van der Waals surface area (Å²) in [5.74, 6) is 1.04. The van der Waals surface area contributed by atoms with Crippen molar-refractivity contribution >= 4 is 39.5 Å². The number of hydrogen-bond donors (Lipinski definition) is 3. The smallest absolute Gasteiger partial charge is 0.462 e. The van der Waals surface area contributed by atoms with Crippen molar-refractivity contribution in [2.45, 2.75) is 472 Å². The number of aliphatic hydroxyl groups excluding tert-OH is 1. The molecule has 0 radical (unpaired) electrons. The van der Waals surface area contributed by atoms with Gasteiger partial charge in [0.1, 0.15) is 19.3 Å². The molecule has 0 saturated carbocycles. The van der Waals surface area contributed by atoms with Crippen molar-refractivity contribution in [3.05, 3.63) is 0 Å². The lowest BCUT2D eigenvalue weighted by atomic mass is 9.99. The maximum absolute atomic E-state index is 13.2. The van der Waals surface area contributed by atoms with E-state index in [1.165, 1.54) is 250 Å². The van der Waals surface area contributed by atoms with E-state index in [0.29, 0.717) is 31.6 Å². The molecule has 4 unspecified atom stereocenters. The van der Waals surface area contributed by atoms with Crippen LogP contribution in [0.5, 0.6) is 0 Å². The van der Waals surface area contributed by atoms with E-state index in [1.54, 1.807) is 0 Å². The van der Waals surface area contributed by atoms with Gasteiger partial charge in [0, 0.05) is 25.7 Å². The molecule has 6 atom stereocenters. The molecule has 0 aliphatic heterocycles. The Morgan fingerprint density at radius 1 is 0.264 bits per heavy atom. The van der Waals surface area contributed by atoms with Crippen LogP contribution < -0.4 is 0 Å². The van der Waals surface area contributed by atoms with Crippen LogP contribution in [-0.4, -0.2) is 96.7 Å². The van der Waals surface area contributed by atoms with Crippen LogP contribution in [0.15, 0.2) is 0 Å². The molecule has 0 aliphatic carbocycles. The van der Waals surface area contributed by atoms with Crippen LogP contribution in [0.4, 0.5) is 0 Å². The van der Waals surface area contributed by atoms with E-state index in [0.717, 1.165) is 114 Å². The highest BCUT2D eigenvalue weighted by Crippen LogP contribution is 2.45. The quantitative estimate of drug-likeness (QED) is 0.0222. The summed E-state index contributed by atoms with van der Waals surface area (Å²) in [5, 5.41) is 10.7. The average molecular weight is 1550 g/mol. The SMILES string of the molecule is CCC(C)CCCCCCCCCCCCC(=O)O[C@H](COC(=O)CCCCCCCCCC(C)C)COP(=O)(O)OCC(O)COP(=O)(O)OC[C@@H](COC(=O)CCCCCCCCCCCCCCCCCCCCC(C)C)OC(=O)CCCCCCCCCCCCCCCCCCCCC(C)C. The maximum Gasteiger partial charge on any atom is 0.472 e. The third kappa shape index (κ3) is 78.7. The van der Waals surface area contributed by atoms with Gasteiger partial charge < -0.3 is 33.8 Å². The summed E-state index contributed by atoms with van der Waals surface area (Å²) in [6.45, 7) is 14.3. The van der Waals surface area contributed by atoms with Gasteiger partial charge >= 0.3 is 39.5 Å². The van der Waals surface area contributed by atoms with Crippen LogP contribution in [0.2, 0.25) is 0 Å². The average Bonchev–Trinajstić information content (AvgIpc) is 0.900. The minimum Gasteiger partial charge on any atom is -0.462 e. The van der Waals surface area contributed by atoms with Crippen molar-refractivity contribution in [1.29, 1.82) is 0 Å². The molecule has 0 aliphatic rings. The molecule has 0 saturated heterocycles. The predicted octanol–water partition coefficient (Wildman–Crippen LogP) is 26.3. The van der Waals surface area contributed by atoms with Crippen molar-refractivity contribution in [3.63, 3.8) is 0 Å². The topological polar surface area (TPSA) is 237 Å². The largest absolute Gasteiger partial charge is 0.472 e. The van der Waals surface area contributed by atoms with Gasteiger partial charge in [0.05, 0.1) is 26.4 Å². The van der Waals surface area contributed by atoms with E-state index >= 15 is 0 Å². The lowest BCUT2D eigenvalue weighted by molar-refractivity contribution is -0.161. The fourth-order valence-corrected chi connectivity index (χ4v) is 15.0. The maximum atomic E-state index is 13.2. The minimum absolute atomic E-state index is 0.105. The molecule has 0 rings (SSSR count). The van der Waals surface area contributed by atoms with Crippen molar-refractivity contribution in [2.24, 2.45) is 23.7 Å². The van der Waals surface area contributed by atoms with Gasteiger partial charge in [-0.1, -0.05) is 402 Å². The van der Waals surface area contributed by atoms with Crippen LogP contribution in [0, 0.1) is 23.7 Å². The fraction of sp³-hybridized carbons (Fsp3) is 0.954. The Bertz CT molecular complexity index is 2060. The molecular formula is C87H170O17P2. The summed E-state index contributed by atoms with van der Waals surface area (Å²) in [6.07, 6.45) is 65.4. The first-order valence-corrected chi connectivity index (χ1v) is 47.7. The third-order valence-electron chi connectivity index (χ3n) is 20.7. The van der Waals surface area contributed by atoms with Crippen molar-refractivity contribution < 1.29 is 80.2 Å². The summed E-state index contributed by atoms with van der Waals surface area (Å²) in [4.78, 5) is 73.2. The Morgan fingerprint density at radius 2 is 0.453 bits per heavy atom. The highest BCUT2D eigenvalue weighted by molar-refractivity contribution is 7.47. The van der Waals surface area contributed by atoms with Crippen LogP contribution in [0.25, 0.3) is 0 Å². The van der Waals surface area contributed by atoms with Gasteiger partial charge in [-0.2, -0.15) is 0 Å². The molecule has 3 N–H and O–H groups in total. The normalized spacial score (nSPS) is 14.2. The lowest BCUT2D eigenvalue weighted by Crippen LogP contribution is -2.30. The summed E-state index contributed by atoms with van der Waals surface area (Å²) in [5.41, 5.74) is 0. The molecule has 0 aromatic rings. The van der Waals surface area contributed by atoms with Crippen LogP contribution in [0.3, 0.4) is 0 Å². The minimum atomic E-state index is -4.97. The molecule has 0 aromatic carbocycles. The fourth-order valence-electron chi connectivity index (χ4n) is 13.5. The molecule has 106 heavy (non-hydrogen) atoms. The Kier molecular flexibility index (Phi) is 74.3. The second kappa shape index (κ2) is 75.7. The lowest BCUT2D eigenvalue weighted by Gasteiger charge is -2.21. The number of aliphatic hydroxyl groups is 1. The highest BCUT2D eigenvalue weighted by atomic mass is 31.2. The summed E-state index contributed by atoms with van der Waals surface area (Å²) in [6, 6.07) is 0. The molecule has 19 heteroatoms. The third-order valence-corrected chi connectivity index (χ3v) is 22.6. The Morgan fingerprint density at radius 3 is 0.670 bits per heavy atom. The van der Waals surface area contributed by atoms with Gasteiger partial charge in [0.2, 0.25) is 0 Å². The van der Waals surface area contributed by atoms with Gasteiger partial charge in [-0.25, -0.2) is 9.13 Å². The van der Waals surface area contributed by atoms with Gasteiger partial charge in [0.15, 0.2) is 12.2 Å². The zero-order chi connectivity index (χ0) is 78.1. The van der Waals surface area contributed by atoms with Gasteiger partial charge in [-0.05, 0) is 49.4 Å². The zero-order valence-electron chi connectivity index (χ0n) is 70.1. The first kappa shape index (κ1) is 104. The number of unbranched alkanes of at least 4 members (excludes halogenated alkanes) is 49. The number of phosphoric acid groups is 2. The van der Waals surface area contributed by atoms with E-state index in [2.05, 4.69) is 55.4 Å². The number of carbonyl (C=O) groups is 4. The zero-order valence-corrected chi connectivity index (χ0v) is 71.9. The molecule has 0 spiro atoms. The highest BCUT2D eigenvalue weighted by Gasteiger charge is 2.31. The van der Waals surface area contributed by atoms with Crippen LogP contribution in [-0.2, 0) is 65.4 Å². The van der Waals surface area contributed by atoms with Crippen molar-refractivity contribution in [1.82, 2.24) is 0 Å². The number of rotatable bonds is 84. The summed E-state index contributed by atoms with van der Waals surface area (Å²) < 4.78 is 68.9. The standard InChI is InChI=1S/C87H170O17P2/c1-9-80(8)66-58-50-42-34-30-31-37-45-54-62-70-87(92)104-83(74-98-85(90)68-60-52-46-38-41-49-57-65-79(6)7)76-102-106(95,96)100-72-81(88)71-99-105(93,94)101-75-82(103-86(91)69-61-53-44-36-29-25-21-17-13-11-15-19-23-27-33-40-48-56-64-78(4)5)73-97-84(89)67-59-51-43-35-28-24-20-16-12-10-14-18-22-26-32-39-47-55-63-77(2)3/h77-83,88H,9-76H2,1-8H3,(H,93,94)(H,95,96)/t80?,81?,82-,83-/m1/s1. The molecule has 0 fully saturated rings. The molecule has 0 heterocycles. The number of ether oxygens (including phenoxy) is 4. The molecule has 0 aromatic heterocycles. The molecule has 0 bridgehead atoms. The number of carbonyl (C=O) groups excluding carboxylic acids is 4. The Hall–Kier alpha value is -1.94. The first-order chi connectivity index (χ1) is 51.1. The van der Waals surface area contributed by atoms with E-state index in [-0.39, 0.29) is 25.7 Å². The van der Waals surface area contributed by atoms with E-state index in [9.17, 15) is 43.2 Å². The van der Waals surface area contributed by atoms with E-state index in [4.69, 9.17) is 37.0 Å². The van der Waals surface area contributed by atoms with Gasteiger partial charge in [-0.3, -0.25) is 37.3 Å². The Labute approximate surface area is 651 Å². The molecule has 630 valence electrons.